The monoisotopic (exact) mass is 239 g/mol. The van der Waals surface area contributed by atoms with Gasteiger partial charge in [0, 0.05) is 12.6 Å². The first-order valence-corrected chi connectivity index (χ1v) is 7.60. The van der Waals surface area contributed by atoms with E-state index in [1.54, 1.807) is 0 Å². The van der Waals surface area contributed by atoms with E-state index in [0.717, 1.165) is 31.0 Å². The van der Waals surface area contributed by atoms with Crippen molar-refractivity contribution in [3.63, 3.8) is 0 Å². The molecule has 0 aromatic carbocycles. The fraction of sp³-hybridized carbons (Fsp3) is 1.00. The molecule has 0 amide bonds. The van der Waals surface area contributed by atoms with Crippen molar-refractivity contribution in [1.29, 1.82) is 0 Å². The van der Waals surface area contributed by atoms with Crippen LogP contribution in [0.3, 0.4) is 0 Å². The summed E-state index contributed by atoms with van der Waals surface area (Å²) in [5, 5.41) is 3.61. The van der Waals surface area contributed by atoms with Gasteiger partial charge in [0.1, 0.15) is 0 Å². The third-order valence-electron chi connectivity index (χ3n) is 4.95. The Bertz CT molecular complexity index is 213. The van der Waals surface area contributed by atoms with Crippen molar-refractivity contribution in [3.8, 4) is 0 Å². The fourth-order valence-electron chi connectivity index (χ4n) is 3.93. The molecule has 2 aliphatic rings. The fourth-order valence-corrected chi connectivity index (χ4v) is 3.93. The van der Waals surface area contributed by atoms with Crippen molar-refractivity contribution in [2.45, 2.75) is 57.9 Å². The van der Waals surface area contributed by atoms with E-state index in [4.69, 9.17) is 4.74 Å². The van der Waals surface area contributed by atoms with E-state index >= 15 is 0 Å². The van der Waals surface area contributed by atoms with Gasteiger partial charge >= 0.3 is 0 Å². The Morgan fingerprint density at radius 3 is 2.65 bits per heavy atom. The molecule has 1 aliphatic carbocycles. The van der Waals surface area contributed by atoms with Crippen LogP contribution in [0.5, 0.6) is 0 Å². The summed E-state index contributed by atoms with van der Waals surface area (Å²) in [6.45, 7) is 4.32. The zero-order valence-corrected chi connectivity index (χ0v) is 11.6. The summed E-state index contributed by atoms with van der Waals surface area (Å²) in [4.78, 5) is 0. The summed E-state index contributed by atoms with van der Waals surface area (Å²) < 4.78 is 5.67. The lowest BCUT2D eigenvalue weighted by atomic mass is 9.73. The highest BCUT2D eigenvalue weighted by Crippen LogP contribution is 2.36. The van der Waals surface area contributed by atoms with Crippen molar-refractivity contribution in [1.82, 2.24) is 5.32 Å². The number of nitrogens with one attached hydrogen (secondary N) is 1. The summed E-state index contributed by atoms with van der Waals surface area (Å²) in [6, 6.07) is 0.699. The summed E-state index contributed by atoms with van der Waals surface area (Å²) in [5.41, 5.74) is 0. The Morgan fingerprint density at radius 1 is 1.18 bits per heavy atom. The number of hydrogen-bond acceptors (Lipinski definition) is 2. The lowest BCUT2D eigenvalue weighted by Gasteiger charge is -2.39. The predicted molar refractivity (Wildman–Crippen MR) is 72.1 cm³/mol. The quantitative estimate of drug-likeness (QED) is 0.813. The van der Waals surface area contributed by atoms with E-state index in [-0.39, 0.29) is 0 Å². The highest BCUT2D eigenvalue weighted by Gasteiger charge is 2.32. The Labute approximate surface area is 107 Å². The molecule has 2 rings (SSSR count). The Hall–Kier alpha value is -0.0800. The first-order chi connectivity index (χ1) is 8.35. The van der Waals surface area contributed by atoms with Crippen LogP contribution in [-0.4, -0.2) is 26.3 Å². The van der Waals surface area contributed by atoms with Crippen LogP contribution in [0.25, 0.3) is 0 Å². The Kier molecular flexibility index (Phi) is 5.30. The lowest BCUT2D eigenvalue weighted by molar-refractivity contribution is 0.0229. The average Bonchev–Trinajstić information content (AvgIpc) is 2.41. The van der Waals surface area contributed by atoms with Gasteiger partial charge in [0.05, 0.1) is 6.61 Å². The maximum absolute atomic E-state index is 5.67. The molecule has 1 aliphatic heterocycles. The second-order valence-corrected chi connectivity index (χ2v) is 5.99. The Balaban J connectivity index is 1.91. The maximum Gasteiger partial charge on any atom is 0.0509 e. The minimum atomic E-state index is 0.699. The van der Waals surface area contributed by atoms with Gasteiger partial charge in [-0.05, 0) is 50.5 Å². The Morgan fingerprint density at radius 2 is 2.00 bits per heavy atom. The predicted octanol–water partition coefficient (Wildman–Crippen LogP) is 3.22. The van der Waals surface area contributed by atoms with Crippen LogP contribution in [0.15, 0.2) is 0 Å². The second-order valence-electron chi connectivity index (χ2n) is 5.99. The summed E-state index contributed by atoms with van der Waals surface area (Å²) >= 11 is 0. The van der Waals surface area contributed by atoms with E-state index in [0.29, 0.717) is 6.04 Å². The molecule has 1 saturated heterocycles. The molecule has 17 heavy (non-hydrogen) atoms. The molecule has 0 aromatic rings. The summed E-state index contributed by atoms with van der Waals surface area (Å²) in [6.07, 6.45) is 9.76. The molecule has 2 fully saturated rings. The van der Waals surface area contributed by atoms with Gasteiger partial charge in [-0.1, -0.05) is 26.2 Å². The normalized spacial score (nSPS) is 36.7. The van der Waals surface area contributed by atoms with Crippen LogP contribution >= 0.6 is 0 Å². The van der Waals surface area contributed by atoms with Gasteiger partial charge in [-0.15, -0.1) is 0 Å². The topological polar surface area (TPSA) is 21.3 Å². The van der Waals surface area contributed by atoms with Crippen LogP contribution in [0, 0.1) is 17.8 Å². The summed E-state index contributed by atoms with van der Waals surface area (Å²) in [7, 11) is 2.15. The third kappa shape index (κ3) is 3.45. The highest BCUT2D eigenvalue weighted by molar-refractivity contribution is 4.87. The molecule has 4 atom stereocenters. The van der Waals surface area contributed by atoms with Crippen molar-refractivity contribution in [2.75, 3.05) is 20.3 Å². The lowest BCUT2D eigenvalue weighted by Crippen LogP contribution is -2.45. The van der Waals surface area contributed by atoms with Crippen LogP contribution in [0.4, 0.5) is 0 Å². The first-order valence-electron chi connectivity index (χ1n) is 7.60. The maximum atomic E-state index is 5.67. The van der Waals surface area contributed by atoms with Crippen LogP contribution in [-0.2, 0) is 4.74 Å². The minimum absolute atomic E-state index is 0.699. The molecule has 4 unspecified atom stereocenters. The molecular formula is C15H29NO. The van der Waals surface area contributed by atoms with Gasteiger partial charge in [0.25, 0.3) is 0 Å². The van der Waals surface area contributed by atoms with Gasteiger partial charge < -0.3 is 10.1 Å². The summed E-state index contributed by atoms with van der Waals surface area (Å²) in [5.74, 6) is 2.63. The van der Waals surface area contributed by atoms with E-state index < -0.39 is 0 Å². The molecule has 1 heterocycles. The van der Waals surface area contributed by atoms with E-state index in [1.165, 1.54) is 44.9 Å². The molecule has 1 saturated carbocycles. The minimum Gasteiger partial charge on any atom is -0.381 e. The highest BCUT2D eigenvalue weighted by atomic mass is 16.5. The van der Waals surface area contributed by atoms with Gasteiger partial charge in [-0.3, -0.25) is 0 Å². The second kappa shape index (κ2) is 6.75. The number of rotatable bonds is 4. The van der Waals surface area contributed by atoms with Crippen LogP contribution < -0.4 is 5.32 Å². The van der Waals surface area contributed by atoms with Gasteiger partial charge in [0.2, 0.25) is 0 Å². The van der Waals surface area contributed by atoms with Gasteiger partial charge in [-0.25, -0.2) is 0 Å². The van der Waals surface area contributed by atoms with E-state index in [1.807, 2.05) is 0 Å². The molecule has 0 bridgehead atoms. The van der Waals surface area contributed by atoms with Crippen LogP contribution in [0.1, 0.15) is 51.9 Å². The standard InChI is InChI=1S/C15H29NO/c1-3-12-6-4-7-13(10-12)15(16-2)14-8-5-9-17-11-14/h12-16H,3-11H2,1-2H3. The van der Waals surface area contributed by atoms with E-state index in [2.05, 4.69) is 19.3 Å². The van der Waals surface area contributed by atoms with Crippen LogP contribution in [0.2, 0.25) is 0 Å². The molecule has 2 heteroatoms. The smallest absolute Gasteiger partial charge is 0.0509 e. The molecular weight excluding hydrogens is 210 g/mol. The third-order valence-corrected chi connectivity index (χ3v) is 4.95. The number of hydrogen-bond donors (Lipinski definition) is 1. The molecule has 100 valence electrons. The molecule has 2 nitrogen and oxygen atoms in total. The van der Waals surface area contributed by atoms with Crippen molar-refractivity contribution in [3.05, 3.63) is 0 Å². The van der Waals surface area contributed by atoms with Crippen molar-refractivity contribution in [2.24, 2.45) is 17.8 Å². The van der Waals surface area contributed by atoms with E-state index in [9.17, 15) is 0 Å². The molecule has 1 N–H and O–H groups in total. The zero-order valence-electron chi connectivity index (χ0n) is 11.6. The average molecular weight is 239 g/mol. The first kappa shape index (κ1) is 13.4. The molecule has 0 aromatic heterocycles. The SMILES string of the molecule is CCC1CCCC(C(NC)C2CCCOC2)C1. The number of ether oxygens (including phenoxy) is 1. The van der Waals surface area contributed by atoms with Gasteiger partial charge in [0.15, 0.2) is 0 Å². The zero-order chi connectivity index (χ0) is 12.1. The van der Waals surface area contributed by atoms with Crippen molar-refractivity contribution < 1.29 is 4.74 Å². The van der Waals surface area contributed by atoms with Gasteiger partial charge in [-0.2, -0.15) is 0 Å². The largest absolute Gasteiger partial charge is 0.381 e. The molecule has 0 spiro atoms. The van der Waals surface area contributed by atoms with Crippen molar-refractivity contribution >= 4 is 0 Å². The molecule has 0 radical (unpaired) electrons.